The van der Waals surface area contributed by atoms with Crippen LogP contribution in [0.15, 0.2) is 36.4 Å². The van der Waals surface area contributed by atoms with E-state index in [0.29, 0.717) is 27.2 Å². The molecule has 7 heteroatoms. The molecule has 0 saturated carbocycles. The molecule has 2 aromatic carbocycles. The molecule has 25 heavy (non-hydrogen) atoms. The lowest BCUT2D eigenvalue weighted by molar-refractivity contribution is 0.0955. The van der Waals surface area contributed by atoms with Gasteiger partial charge in [0.05, 0.1) is 23.9 Å². The summed E-state index contributed by atoms with van der Waals surface area (Å²) in [7, 11) is 3.16. The lowest BCUT2D eigenvalue weighted by Crippen LogP contribution is -2.22. The number of methoxy groups -OCH3 is 2. The minimum atomic E-state index is -0.239. The summed E-state index contributed by atoms with van der Waals surface area (Å²) in [6.45, 7) is 0.393. The maximum absolute atomic E-state index is 12.5. The molecule has 1 aromatic heterocycles. The van der Waals surface area contributed by atoms with Crippen molar-refractivity contribution in [2.75, 3.05) is 14.2 Å². The summed E-state index contributed by atoms with van der Waals surface area (Å²) >= 11 is 13.9. The van der Waals surface area contributed by atoms with Crippen LogP contribution in [0.4, 0.5) is 0 Å². The Kier molecular flexibility index (Phi) is 5.37. The fourth-order valence-corrected chi connectivity index (χ4v) is 4.20. The maximum atomic E-state index is 12.5. The quantitative estimate of drug-likeness (QED) is 0.649. The standard InChI is InChI=1S/C18H15Cl2NO3S/c1-23-11-5-3-10(4-6-11)9-21-18(22)17-14(19)12-7-8-13(24-2)15(20)16(12)25-17/h3-8H,9H2,1-2H3,(H,21,22). The Morgan fingerprint density at radius 2 is 1.76 bits per heavy atom. The molecule has 0 unspecified atom stereocenters. The zero-order chi connectivity index (χ0) is 18.0. The van der Waals surface area contributed by atoms with Gasteiger partial charge in [-0.1, -0.05) is 35.3 Å². The third-order valence-electron chi connectivity index (χ3n) is 3.74. The summed E-state index contributed by atoms with van der Waals surface area (Å²) < 4.78 is 11.1. The summed E-state index contributed by atoms with van der Waals surface area (Å²) in [4.78, 5) is 12.9. The molecular weight excluding hydrogens is 381 g/mol. The lowest BCUT2D eigenvalue weighted by Gasteiger charge is -2.05. The van der Waals surface area contributed by atoms with Crippen LogP contribution in [0.3, 0.4) is 0 Å². The van der Waals surface area contributed by atoms with Crippen molar-refractivity contribution in [3.8, 4) is 11.5 Å². The van der Waals surface area contributed by atoms with Gasteiger partial charge in [-0.3, -0.25) is 4.79 Å². The van der Waals surface area contributed by atoms with Crippen LogP contribution in [0.5, 0.6) is 11.5 Å². The third-order valence-corrected chi connectivity index (χ3v) is 5.95. The maximum Gasteiger partial charge on any atom is 0.263 e. The summed E-state index contributed by atoms with van der Waals surface area (Å²) in [5.74, 6) is 1.08. The summed E-state index contributed by atoms with van der Waals surface area (Å²) in [5, 5.41) is 4.48. The summed E-state index contributed by atoms with van der Waals surface area (Å²) in [6.07, 6.45) is 0. The Hall–Kier alpha value is -1.95. The highest BCUT2D eigenvalue weighted by molar-refractivity contribution is 7.22. The topological polar surface area (TPSA) is 47.6 Å². The van der Waals surface area contributed by atoms with Crippen LogP contribution in [-0.2, 0) is 6.54 Å². The number of halogens is 2. The second kappa shape index (κ2) is 7.52. The number of carbonyl (C=O) groups is 1. The van der Waals surface area contributed by atoms with Crippen LogP contribution in [0, 0.1) is 0 Å². The fourth-order valence-electron chi connectivity index (χ4n) is 2.39. The van der Waals surface area contributed by atoms with Gasteiger partial charge < -0.3 is 14.8 Å². The van der Waals surface area contributed by atoms with Gasteiger partial charge in [-0.2, -0.15) is 0 Å². The highest BCUT2D eigenvalue weighted by Crippen LogP contribution is 2.42. The molecule has 1 amide bonds. The Balaban J connectivity index is 1.81. The average Bonchev–Trinajstić information content (AvgIpc) is 2.98. The van der Waals surface area contributed by atoms with Crippen LogP contribution in [-0.4, -0.2) is 20.1 Å². The molecule has 0 spiro atoms. The first-order chi connectivity index (χ1) is 12.0. The molecule has 3 rings (SSSR count). The Morgan fingerprint density at radius 3 is 2.40 bits per heavy atom. The second-order valence-corrected chi connectivity index (χ2v) is 7.01. The first-order valence-corrected chi connectivity index (χ1v) is 8.98. The van der Waals surface area contributed by atoms with E-state index in [2.05, 4.69) is 5.32 Å². The number of carbonyl (C=O) groups excluding carboxylic acids is 1. The monoisotopic (exact) mass is 395 g/mol. The molecule has 130 valence electrons. The van der Waals surface area contributed by atoms with E-state index in [9.17, 15) is 4.79 Å². The zero-order valence-corrected chi connectivity index (χ0v) is 15.9. The number of nitrogens with one attached hydrogen (secondary N) is 1. The van der Waals surface area contributed by atoms with Crippen LogP contribution >= 0.6 is 34.5 Å². The number of hydrogen-bond acceptors (Lipinski definition) is 4. The molecule has 0 bridgehead atoms. The molecule has 0 atom stereocenters. The fraction of sp³-hybridized carbons (Fsp3) is 0.167. The molecular formula is C18H15Cl2NO3S. The van der Waals surface area contributed by atoms with E-state index in [4.69, 9.17) is 32.7 Å². The van der Waals surface area contributed by atoms with E-state index in [1.807, 2.05) is 24.3 Å². The van der Waals surface area contributed by atoms with E-state index >= 15 is 0 Å². The Morgan fingerprint density at radius 1 is 1.04 bits per heavy atom. The number of amides is 1. The van der Waals surface area contributed by atoms with E-state index in [1.54, 1.807) is 26.4 Å². The predicted molar refractivity (Wildman–Crippen MR) is 103 cm³/mol. The van der Waals surface area contributed by atoms with Gasteiger partial charge >= 0.3 is 0 Å². The minimum Gasteiger partial charge on any atom is -0.497 e. The third kappa shape index (κ3) is 3.54. The van der Waals surface area contributed by atoms with E-state index in [0.717, 1.165) is 21.4 Å². The average molecular weight is 396 g/mol. The van der Waals surface area contributed by atoms with Gasteiger partial charge in [-0.05, 0) is 29.8 Å². The van der Waals surface area contributed by atoms with Gasteiger partial charge in [-0.15, -0.1) is 11.3 Å². The molecule has 1 heterocycles. The number of rotatable bonds is 5. The van der Waals surface area contributed by atoms with Crippen molar-refractivity contribution >= 4 is 50.5 Å². The van der Waals surface area contributed by atoms with Gasteiger partial charge in [0.2, 0.25) is 0 Å². The molecule has 4 nitrogen and oxygen atoms in total. The van der Waals surface area contributed by atoms with Crippen molar-refractivity contribution in [2.24, 2.45) is 0 Å². The molecule has 0 aliphatic carbocycles. The molecule has 0 saturated heterocycles. The summed E-state index contributed by atoms with van der Waals surface area (Å²) in [6, 6.07) is 11.0. The van der Waals surface area contributed by atoms with Crippen molar-refractivity contribution in [1.82, 2.24) is 5.32 Å². The predicted octanol–water partition coefficient (Wildman–Crippen LogP) is 5.16. The first kappa shape index (κ1) is 17.9. The number of fused-ring (bicyclic) bond motifs is 1. The van der Waals surface area contributed by atoms with Crippen molar-refractivity contribution in [1.29, 1.82) is 0 Å². The van der Waals surface area contributed by atoms with E-state index in [1.165, 1.54) is 11.3 Å². The van der Waals surface area contributed by atoms with E-state index < -0.39 is 0 Å². The van der Waals surface area contributed by atoms with Crippen LogP contribution in [0.1, 0.15) is 15.2 Å². The summed E-state index contributed by atoms with van der Waals surface area (Å²) in [5.41, 5.74) is 0.964. The molecule has 1 N–H and O–H groups in total. The number of thiophene rings is 1. The van der Waals surface area contributed by atoms with Crippen molar-refractivity contribution < 1.29 is 14.3 Å². The first-order valence-electron chi connectivity index (χ1n) is 7.40. The Labute approximate surface area is 159 Å². The van der Waals surface area contributed by atoms with Crippen molar-refractivity contribution in [2.45, 2.75) is 6.54 Å². The lowest BCUT2D eigenvalue weighted by atomic mass is 10.2. The molecule has 0 fully saturated rings. The van der Waals surface area contributed by atoms with Gasteiger partial charge in [0.25, 0.3) is 5.91 Å². The molecule has 0 aliphatic heterocycles. The zero-order valence-electron chi connectivity index (χ0n) is 13.6. The largest absolute Gasteiger partial charge is 0.497 e. The second-order valence-electron chi connectivity index (χ2n) is 5.23. The van der Waals surface area contributed by atoms with Crippen LogP contribution in [0.25, 0.3) is 10.1 Å². The van der Waals surface area contributed by atoms with Crippen molar-refractivity contribution in [3.05, 3.63) is 56.9 Å². The van der Waals surface area contributed by atoms with Crippen LogP contribution < -0.4 is 14.8 Å². The van der Waals surface area contributed by atoms with Crippen molar-refractivity contribution in [3.63, 3.8) is 0 Å². The number of ether oxygens (including phenoxy) is 2. The van der Waals surface area contributed by atoms with Gasteiger partial charge in [-0.25, -0.2) is 0 Å². The van der Waals surface area contributed by atoms with Gasteiger partial charge in [0.15, 0.2) is 0 Å². The number of benzene rings is 2. The van der Waals surface area contributed by atoms with Crippen LogP contribution in [0.2, 0.25) is 10.0 Å². The molecule has 3 aromatic rings. The number of hydrogen-bond donors (Lipinski definition) is 1. The highest BCUT2D eigenvalue weighted by atomic mass is 35.5. The molecule has 0 aliphatic rings. The highest BCUT2D eigenvalue weighted by Gasteiger charge is 2.20. The molecule has 0 radical (unpaired) electrons. The van der Waals surface area contributed by atoms with Gasteiger partial charge in [0, 0.05) is 11.9 Å². The Bertz CT molecular complexity index is 922. The van der Waals surface area contributed by atoms with E-state index in [-0.39, 0.29) is 5.91 Å². The van der Waals surface area contributed by atoms with Gasteiger partial charge in [0.1, 0.15) is 21.4 Å². The SMILES string of the molecule is COc1ccc(CNC(=O)c2sc3c(Cl)c(OC)ccc3c2Cl)cc1. The minimum absolute atomic E-state index is 0.239. The smallest absolute Gasteiger partial charge is 0.263 e. The normalized spacial score (nSPS) is 10.7.